The summed E-state index contributed by atoms with van der Waals surface area (Å²) in [6, 6.07) is 0. The van der Waals surface area contributed by atoms with E-state index in [1.54, 1.807) is 20.0 Å². The topological polar surface area (TPSA) is 64.3 Å². The summed E-state index contributed by atoms with van der Waals surface area (Å²) in [7, 11) is 0. The van der Waals surface area contributed by atoms with Crippen molar-refractivity contribution in [1.82, 2.24) is 9.55 Å². The van der Waals surface area contributed by atoms with E-state index in [0.29, 0.717) is 25.1 Å². The number of aliphatic hydroxyl groups is 1. The number of aromatic nitrogens is 2. The molecule has 5 heteroatoms. The molecule has 1 atom stereocenters. The number of imidazole rings is 1. The largest absolute Gasteiger partial charge is 0.493 e. The molecule has 20 heavy (non-hydrogen) atoms. The summed E-state index contributed by atoms with van der Waals surface area (Å²) >= 11 is 0. The predicted octanol–water partition coefficient (Wildman–Crippen LogP) is 1.21. The maximum atomic E-state index is 11.7. The van der Waals surface area contributed by atoms with Crippen molar-refractivity contribution >= 4 is 5.78 Å². The summed E-state index contributed by atoms with van der Waals surface area (Å²) in [5.41, 5.74) is -1.29. The Morgan fingerprint density at radius 3 is 2.85 bits per heavy atom. The number of ether oxygens (including phenoxy) is 1. The molecule has 1 aromatic heterocycles. The number of ketones is 1. The van der Waals surface area contributed by atoms with E-state index >= 15 is 0 Å². The van der Waals surface area contributed by atoms with Gasteiger partial charge in [-0.15, -0.1) is 0 Å². The lowest BCUT2D eigenvalue weighted by molar-refractivity contribution is -0.133. The first-order valence-corrected chi connectivity index (χ1v) is 6.59. The zero-order valence-electron chi connectivity index (χ0n) is 11.9. The third-order valence-corrected chi connectivity index (χ3v) is 3.30. The van der Waals surface area contributed by atoms with Crippen LogP contribution in [-0.2, 0) is 16.1 Å². The maximum absolute atomic E-state index is 11.7. The van der Waals surface area contributed by atoms with E-state index in [9.17, 15) is 9.90 Å². The van der Waals surface area contributed by atoms with Gasteiger partial charge in [0.1, 0.15) is 5.82 Å². The number of carbonyl (C=O) groups is 1. The van der Waals surface area contributed by atoms with Crippen LogP contribution in [0.4, 0.5) is 0 Å². The highest BCUT2D eigenvalue weighted by atomic mass is 16.5. The van der Waals surface area contributed by atoms with Gasteiger partial charge in [0.05, 0.1) is 6.61 Å². The molecule has 1 N–H and O–H groups in total. The van der Waals surface area contributed by atoms with Gasteiger partial charge in [-0.1, -0.05) is 11.8 Å². The molecule has 0 saturated heterocycles. The van der Waals surface area contributed by atoms with Crippen molar-refractivity contribution in [3.05, 3.63) is 29.6 Å². The molecule has 0 spiro atoms. The van der Waals surface area contributed by atoms with Crippen molar-refractivity contribution < 1.29 is 14.6 Å². The minimum absolute atomic E-state index is 0.288. The van der Waals surface area contributed by atoms with Crippen LogP contribution in [0, 0.1) is 18.8 Å². The smallest absolute Gasteiger partial charge is 0.247 e. The number of Topliss-reactive ketones (excluding diaryl/α,β-unsaturated/α-hetero) is 1. The molecular weight excluding hydrogens is 256 g/mol. The van der Waals surface area contributed by atoms with E-state index in [-0.39, 0.29) is 11.5 Å². The Balaban J connectivity index is 2.02. The van der Waals surface area contributed by atoms with E-state index in [1.165, 1.54) is 0 Å². The fourth-order valence-corrected chi connectivity index (χ4v) is 2.16. The van der Waals surface area contributed by atoms with Gasteiger partial charge in [0, 0.05) is 30.9 Å². The molecule has 0 bridgehead atoms. The third-order valence-electron chi connectivity index (χ3n) is 3.30. The minimum Gasteiger partial charge on any atom is -0.493 e. The summed E-state index contributed by atoms with van der Waals surface area (Å²) in [5.74, 6) is 6.31. The maximum Gasteiger partial charge on any atom is 0.247 e. The lowest BCUT2D eigenvalue weighted by Gasteiger charge is -2.33. The van der Waals surface area contributed by atoms with Crippen LogP contribution in [0.5, 0.6) is 0 Å². The first kappa shape index (κ1) is 14.4. The summed E-state index contributed by atoms with van der Waals surface area (Å²) in [6.45, 7) is 6.43. The molecule has 0 fully saturated rings. The Labute approximate surface area is 118 Å². The first-order valence-electron chi connectivity index (χ1n) is 6.59. The van der Waals surface area contributed by atoms with Gasteiger partial charge in [-0.3, -0.25) is 4.79 Å². The van der Waals surface area contributed by atoms with Crippen molar-refractivity contribution in [3.63, 3.8) is 0 Å². The average Bonchev–Trinajstić information content (AvgIpc) is 2.85. The van der Waals surface area contributed by atoms with Crippen LogP contribution in [0.15, 0.2) is 23.7 Å². The van der Waals surface area contributed by atoms with Gasteiger partial charge in [-0.2, -0.15) is 0 Å². The third kappa shape index (κ3) is 2.35. The summed E-state index contributed by atoms with van der Waals surface area (Å²) in [6.07, 6.45) is 4.13. The predicted molar refractivity (Wildman–Crippen MR) is 73.6 cm³/mol. The number of carbonyl (C=O) groups excluding carboxylic acids is 1. The van der Waals surface area contributed by atoms with Crippen molar-refractivity contribution in [3.8, 4) is 11.8 Å². The van der Waals surface area contributed by atoms with Gasteiger partial charge in [0.15, 0.2) is 5.76 Å². The molecule has 0 saturated carbocycles. The van der Waals surface area contributed by atoms with Crippen molar-refractivity contribution in [2.75, 3.05) is 6.61 Å². The van der Waals surface area contributed by atoms with Gasteiger partial charge < -0.3 is 14.4 Å². The van der Waals surface area contributed by atoms with E-state index in [4.69, 9.17) is 4.74 Å². The minimum atomic E-state index is -1.75. The normalized spacial score (nSPS) is 21.3. The Bertz CT molecular complexity index is 619. The van der Waals surface area contributed by atoms with Gasteiger partial charge in [-0.05, 0) is 20.8 Å². The Morgan fingerprint density at radius 1 is 1.50 bits per heavy atom. The van der Waals surface area contributed by atoms with Gasteiger partial charge in [-0.25, -0.2) is 4.98 Å². The number of rotatable bonds is 4. The molecule has 5 nitrogen and oxygen atoms in total. The molecular formula is C15H18N2O3. The number of nitrogens with zero attached hydrogens (tertiary/aromatic N) is 2. The van der Waals surface area contributed by atoms with E-state index < -0.39 is 5.60 Å². The van der Waals surface area contributed by atoms with Crippen LogP contribution < -0.4 is 0 Å². The second kappa shape index (κ2) is 5.51. The molecule has 1 aromatic rings. The second-order valence-electron chi connectivity index (χ2n) is 4.65. The molecule has 2 rings (SSSR count). The SMILES string of the molecule is CCOC1=C(C)C(=O)C1(O)C#CCCn1ccnc1C. The quantitative estimate of drug-likeness (QED) is 0.838. The molecule has 0 aliphatic heterocycles. The fourth-order valence-electron chi connectivity index (χ4n) is 2.16. The highest BCUT2D eigenvalue weighted by molar-refractivity contribution is 6.13. The van der Waals surface area contributed by atoms with Crippen LogP contribution >= 0.6 is 0 Å². The van der Waals surface area contributed by atoms with E-state index in [0.717, 1.165) is 5.82 Å². The molecule has 1 aliphatic carbocycles. The van der Waals surface area contributed by atoms with Crippen LogP contribution in [0.1, 0.15) is 26.1 Å². The second-order valence-corrected chi connectivity index (χ2v) is 4.65. The number of aryl methyl sites for hydroxylation is 2. The fraction of sp³-hybridized carbons (Fsp3) is 0.467. The first-order chi connectivity index (χ1) is 9.50. The van der Waals surface area contributed by atoms with Gasteiger partial charge in [0.25, 0.3) is 0 Å². The highest BCUT2D eigenvalue weighted by Gasteiger charge is 2.51. The summed E-state index contributed by atoms with van der Waals surface area (Å²) in [4.78, 5) is 15.9. The van der Waals surface area contributed by atoms with Crippen molar-refractivity contribution in [1.29, 1.82) is 0 Å². The monoisotopic (exact) mass is 274 g/mol. The van der Waals surface area contributed by atoms with Crippen LogP contribution in [0.2, 0.25) is 0 Å². The molecule has 1 heterocycles. The number of hydrogen-bond donors (Lipinski definition) is 1. The Morgan fingerprint density at radius 2 is 2.25 bits per heavy atom. The molecule has 0 radical (unpaired) electrons. The molecule has 0 amide bonds. The lowest BCUT2D eigenvalue weighted by atomic mass is 9.79. The average molecular weight is 274 g/mol. The zero-order chi connectivity index (χ0) is 14.8. The Kier molecular flexibility index (Phi) is 3.96. The highest BCUT2D eigenvalue weighted by Crippen LogP contribution is 2.35. The van der Waals surface area contributed by atoms with Gasteiger partial charge >= 0.3 is 0 Å². The van der Waals surface area contributed by atoms with Crippen molar-refractivity contribution in [2.45, 2.75) is 39.3 Å². The number of hydrogen-bond acceptors (Lipinski definition) is 4. The van der Waals surface area contributed by atoms with Gasteiger partial charge in [0.2, 0.25) is 11.4 Å². The summed E-state index contributed by atoms with van der Waals surface area (Å²) < 4.78 is 7.25. The molecule has 1 aliphatic rings. The van der Waals surface area contributed by atoms with Crippen molar-refractivity contribution in [2.24, 2.45) is 0 Å². The zero-order valence-corrected chi connectivity index (χ0v) is 11.9. The standard InChI is InChI=1S/C15H18N2O3/c1-4-20-14-11(2)13(18)15(14,19)7-5-6-9-17-10-8-16-12(17)3/h8,10,19H,4,6,9H2,1-3H3. The summed E-state index contributed by atoms with van der Waals surface area (Å²) in [5, 5.41) is 10.2. The van der Waals surface area contributed by atoms with E-state index in [2.05, 4.69) is 16.8 Å². The van der Waals surface area contributed by atoms with Crippen LogP contribution in [0.25, 0.3) is 0 Å². The molecule has 1 unspecified atom stereocenters. The van der Waals surface area contributed by atoms with Crippen LogP contribution in [0.3, 0.4) is 0 Å². The molecule has 106 valence electrons. The molecule has 0 aromatic carbocycles. The van der Waals surface area contributed by atoms with E-state index in [1.807, 2.05) is 17.7 Å². The Hall–Kier alpha value is -2.06. The lowest BCUT2D eigenvalue weighted by Crippen LogP contribution is -2.50. The van der Waals surface area contributed by atoms with Crippen LogP contribution in [-0.4, -0.2) is 32.6 Å².